The van der Waals surface area contributed by atoms with E-state index in [-0.39, 0.29) is 0 Å². The van der Waals surface area contributed by atoms with Gasteiger partial charge in [-0.05, 0) is 17.7 Å². The summed E-state index contributed by atoms with van der Waals surface area (Å²) in [6.45, 7) is 0.464. The van der Waals surface area contributed by atoms with E-state index in [0.717, 1.165) is 16.9 Å². The van der Waals surface area contributed by atoms with Crippen LogP contribution in [0.1, 0.15) is 17.0 Å². The zero-order chi connectivity index (χ0) is 22.6. The van der Waals surface area contributed by atoms with Crippen LogP contribution in [-0.4, -0.2) is 38.8 Å². The number of hydrogen-bond donors (Lipinski definition) is 1. The molecule has 9 nitrogen and oxygen atoms in total. The first-order valence-corrected chi connectivity index (χ1v) is 10.4. The number of anilines is 1. The van der Waals surface area contributed by atoms with Crippen LogP contribution in [0.3, 0.4) is 0 Å². The number of benzene rings is 2. The number of hydrogen-bond acceptors (Lipinski definition) is 8. The van der Waals surface area contributed by atoms with Crippen molar-refractivity contribution in [3.05, 3.63) is 84.1 Å². The lowest BCUT2D eigenvalue weighted by atomic mass is 10.1. The van der Waals surface area contributed by atoms with E-state index in [2.05, 4.69) is 27.5 Å². The fraction of sp³-hybridized carbons (Fsp3) is 0.167. The Morgan fingerprint density at radius 3 is 2.67 bits per heavy atom. The van der Waals surface area contributed by atoms with Crippen molar-refractivity contribution in [1.29, 1.82) is 0 Å². The molecule has 0 fully saturated rings. The van der Waals surface area contributed by atoms with E-state index in [1.165, 1.54) is 6.26 Å². The molecule has 0 aliphatic rings. The molecule has 0 spiro atoms. The van der Waals surface area contributed by atoms with E-state index in [0.29, 0.717) is 47.6 Å². The average Bonchev–Trinajstić information content (AvgIpc) is 3.53. The molecule has 3 aromatic heterocycles. The lowest BCUT2D eigenvalue weighted by Gasteiger charge is -2.12. The van der Waals surface area contributed by atoms with Crippen molar-refractivity contribution in [3.63, 3.8) is 0 Å². The number of ether oxygens (including phenoxy) is 2. The van der Waals surface area contributed by atoms with Gasteiger partial charge in [0.2, 0.25) is 5.89 Å². The molecule has 0 saturated heterocycles. The predicted octanol–water partition coefficient (Wildman–Crippen LogP) is 4.00. The Hall–Kier alpha value is -4.40. The second kappa shape index (κ2) is 8.99. The minimum absolute atomic E-state index is 0.405. The number of methoxy groups -OCH3 is 2. The number of nitrogens with zero attached hydrogens (tertiary/aromatic N) is 5. The molecule has 2 aromatic carbocycles. The topological polar surface area (TPSA) is 99.6 Å². The summed E-state index contributed by atoms with van der Waals surface area (Å²) in [7, 11) is 3.26. The maximum atomic E-state index is 5.52. The molecule has 0 aliphatic heterocycles. The minimum atomic E-state index is 0.405. The monoisotopic (exact) mass is 442 g/mol. The summed E-state index contributed by atoms with van der Waals surface area (Å²) in [6, 6.07) is 15.8. The van der Waals surface area contributed by atoms with Crippen LogP contribution in [0.5, 0.6) is 11.5 Å². The van der Waals surface area contributed by atoms with E-state index in [1.807, 2.05) is 36.4 Å². The molecular weight excluding hydrogens is 420 g/mol. The molecule has 1 N–H and O–H groups in total. The number of fused-ring (bicyclic) bond motifs is 1. The van der Waals surface area contributed by atoms with Crippen LogP contribution in [0.15, 0.2) is 71.6 Å². The van der Waals surface area contributed by atoms with Crippen LogP contribution in [-0.2, 0) is 13.0 Å². The van der Waals surface area contributed by atoms with Crippen molar-refractivity contribution >= 4 is 11.5 Å². The third kappa shape index (κ3) is 4.33. The van der Waals surface area contributed by atoms with Gasteiger partial charge in [0.15, 0.2) is 17.3 Å². The Balaban J connectivity index is 1.50. The highest BCUT2D eigenvalue weighted by Crippen LogP contribution is 2.27. The SMILES string of the molecule is COc1ccc(CNc2nc(-c3ncco3)cn3nc(Cc4ccccc4)nc23)c(OC)c1. The second-order valence-corrected chi connectivity index (χ2v) is 7.30. The van der Waals surface area contributed by atoms with Crippen LogP contribution in [0.4, 0.5) is 5.82 Å². The number of oxazole rings is 1. The maximum Gasteiger partial charge on any atom is 0.246 e. The maximum absolute atomic E-state index is 5.52. The first-order valence-electron chi connectivity index (χ1n) is 10.4. The fourth-order valence-corrected chi connectivity index (χ4v) is 3.54. The molecule has 0 unspecified atom stereocenters. The van der Waals surface area contributed by atoms with Gasteiger partial charge in [-0.3, -0.25) is 0 Å². The number of aromatic nitrogens is 5. The van der Waals surface area contributed by atoms with Crippen LogP contribution < -0.4 is 14.8 Å². The number of rotatable bonds is 8. The molecule has 0 atom stereocenters. The van der Waals surface area contributed by atoms with E-state index in [4.69, 9.17) is 23.9 Å². The summed E-state index contributed by atoms with van der Waals surface area (Å²) in [4.78, 5) is 13.7. The van der Waals surface area contributed by atoms with E-state index in [9.17, 15) is 0 Å². The molecule has 9 heteroatoms. The minimum Gasteiger partial charge on any atom is -0.497 e. The summed E-state index contributed by atoms with van der Waals surface area (Å²) in [5, 5.41) is 8.04. The molecule has 33 heavy (non-hydrogen) atoms. The van der Waals surface area contributed by atoms with Gasteiger partial charge in [-0.1, -0.05) is 30.3 Å². The summed E-state index contributed by atoms with van der Waals surface area (Å²) < 4.78 is 18.0. The van der Waals surface area contributed by atoms with E-state index < -0.39 is 0 Å². The lowest BCUT2D eigenvalue weighted by Crippen LogP contribution is -2.07. The van der Waals surface area contributed by atoms with Gasteiger partial charge in [0.25, 0.3) is 0 Å². The molecule has 0 radical (unpaired) electrons. The first-order chi connectivity index (χ1) is 16.2. The summed E-state index contributed by atoms with van der Waals surface area (Å²) in [5.41, 5.74) is 3.24. The van der Waals surface area contributed by atoms with Gasteiger partial charge in [-0.25, -0.2) is 19.5 Å². The average molecular weight is 442 g/mol. The third-order valence-corrected chi connectivity index (χ3v) is 5.16. The molecule has 0 amide bonds. The molecule has 3 heterocycles. The zero-order valence-corrected chi connectivity index (χ0v) is 18.2. The summed E-state index contributed by atoms with van der Waals surface area (Å²) in [5.74, 6) is 3.10. The third-order valence-electron chi connectivity index (χ3n) is 5.16. The molecular formula is C24H22N6O3. The largest absolute Gasteiger partial charge is 0.497 e. The molecule has 166 valence electrons. The van der Waals surface area contributed by atoms with Crippen molar-refractivity contribution in [1.82, 2.24) is 24.6 Å². The summed E-state index contributed by atoms with van der Waals surface area (Å²) in [6.07, 6.45) is 5.47. The van der Waals surface area contributed by atoms with Crippen molar-refractivity contribution < 1.29 is 13.9 Å². The number of nitrogens with one attached hydrogen (secondary N) is 1. The Labute approximate surface area is 190 Å². The van der Waals surface area contributed by atoms with Gasteiger partial charge >= 0.3 is 0 Å². The van der Waals surface area contributed by atoms with Crippen molar-refractivity contribution in [3.8, 4) is 23.1 Å². The van der Waals surface area contributed by atoms with Crippen molar-refractivity contribution in [2.24, 2.45) is 0 Å². The van der Waals surface area contributed by atoms with Crippen LogP contribution >= 0.6 is 0 Å². The van der Waals surface area contributed by atoms with Gasteiger partial charge in [0.1, 0.15) is 23.5 Å². The molecule has 5 aromatic rings. The van der Waals surface area contributed by atoms with Gasteiger partial charge < -0.3 is 19.2 Å². The van der Waals surface area contributed by atoms with Gasteiger partial charge in [-0.2, -0.15) is 5.10 Å². The molecule has 0 aliphatic carbocycles. The fourth-order valence-electron chi connectivity index (χ4n) is 3.54. The van der Waals surface area contributed by atoms with Gasteiger partial charge in [-0.15, -0.1) is 0 Å². The van der Waals surface area contributed by atoms with Crippen LogP contribution in [0.25, 0.3) is 17.2 Å². The van der Waals surface area contributed by atoms with Crippen molar-refractivity contribution in [2.75, 3.05) is 19.5 Å². The smallest absolute Gasteiger partial charge is 0.246 e. The van der Waals surface area contributed by atoms with Gasteiger partial charge in [0, 0.05) is 24.6 Å². The standard InChI is InChI=1S/C24H22N6O3/c1-31-18-9-8-17(20(13-18)32-2)14-26-22-23-28-21(12-16-6-4-3-5-7-16)29-30(23)15-19(27-22)24-25-10-11-33-24/h3-11,13,15H,12,14H2,1-2H3,(H,26,27). The second-order valence-electron chi connectivity index (χ2n) is 7.30. The normalized spacial score (nSPS) is 11.0. The van der Waals surface area contributed by atoms with Crippen LogP contribution in [0, 0.1) is 0 Å². The zero-order valence-electron chi connectivity index (χ0n) is 18.2. The Bertz CT molecular complexity index is 1370. The van der Waals surface area contributed by atoms with Crippen molar-refractivity contribution in [2.45, 2.75) is 13.0 Å². The summed E-state index contributed by atoms with van der Waals surface area (Å²) >= 11 is 0. The molecule has 0 saturated carbocycles. The highest BCUT2D eigenvalue weighted by molar-refractivity contribution is 5.66. The van der Waals surface area contributed by atoms with E-state index in [1.54, 1.807) is 31.1 Å². The van der Waals surface area contributed by atoms with E-state index >= 15 is 0 Å². The Kier molecular flexibility index (Phi) is 5.59. The first kappa shape index (κ1) is 20.5. The Morgan fingerprint density at radius 1 is 1.03 bits per heavy atom. The molecule has 5 rings (SSSR count). The van der Waals surface area contributed by atoms with Crippen LogP contribution in [0.2, 0.25) is 0 Å². The van der Waals surface area contributed by atoms with Gasteiger partial charge in [0.05, 0.1) is 26.6 Å². The lowest BCUT2D eigenvalue weighted by molar-refractivity contribution is 0.391. The predicted molar refractivity (Wildman–Crippen MR) is 122 cm³/mol. The highest BCUT2D eigenvalue weighted by Gasteiger charge is 2.16. The Morgan fingerprint density at radius 2 is 1.91 bits per heavy atom. The molecule has 0 bridgehead atoms. The highest BCUT2D eigenvalue weighted by atomic mass is 16.5. The quantitative estimate of drug-likeness (QED) is 0.385.